The molecule has 0 heterocycles. The molecule has 0 aromatic rings. The summed E-state index contributed by atoms with van der Waals surface area (Å²) >= 11 is 0. The van der Waals surface area contributed by atoms with E-state index in [1.165, 1.54) is 142 Å². The molecule has 0 saturated carbocycles. The van der Waals surface area contributed by atoms with Gasteiger partial charge in [0.25, 0.3) is 0 Å². The van der Waals surface area contributed by atoms with Crippen molar-refractivity contribution >= 4 is 17.0 Å². The summed E-state index contributed by atoms with van der Waals surface area (Å²) in [5, 5.41) is 3.64. The maximum atomic E-state index is 3.64. The number of rotatable bonds is 22. The van der Waals surface area contributed by atoms with Crippen LogP contribution in [0.4, 0.5) is 0 Å². The van der Waals surface area contributed by atoms with Crippen molar-refractivity contribution in [1.82, 2.24) is 5.32 Å². The number of hydrogen-bond donors (Lipinski definition) is 1. The Bertz CT molecular complexity index is 210. The molecule has 1 nitrogen and oxygen atoms in total. The van der Waals surface area contributed by atoms with Gasteiger partial charge in [0.2, 0.25) is 0 Å². The van der Waals surface area contributed by atoms with Gasteiger partial charge in [0.1, 0.15) is 0 Å². The lowest BCUT2D eigenvalue weighted by Crippen LogP contribution is -2.16. The van der Waals surface area contributed by atoms with Crippen LogP contribution in [-0.4, -0.2) is 13.1 Å². The van der Waals surface area contributed by atoms with Crippen molar-refractivity contribution in [3.63, 3.8) is 0 Å². The van der Waals surface area contributed by atoms with Gasteiger partial charge >= 0.3 is 0 Å². The summed E-state index contributed by atoms with van der Waals surface area (Å²) in [6.45, 7) is 13.1. The first-order valence-electron chi connectivity index (χ1n) is 12.6. The molecule has 2 heteroatoms. The Morgan fingerprint density at radius 2 is 0.607 bits per heavy atom. The zero-order valence-electron chi connectivity index (χ0n) is 19.9. The van der Waals surface area contributed by atoms with E-state index < -0.39 is 0 Å². The molecule has 0 aliphatic heterocycles. The molecule has 0 unspecified atom stereocenters. The monoisotopic (exact) mass is 461 g/mol. The lowest BCUT2D eigenvalue weighted by Gasteiger charge is -2.05. The Morgan fingerprint density at radius 1 is 0.393 bits per heavy atom. The van der Waals surface area contributed by atoms with Gasteiger partial charge in [-0.25, -0.2) is 0 Å². The van der Waals surface area contributed by atoms with Crippen LogP contribution in [-0.2, 0) is 0 Å². The average molecular weight is 463 g/mol. The molecule has 0 bridgehead atoms. The second-order valence-electron chi connectivity index (χ2n) is 8.11. The Hall–Kier alpha value is 0.180. The number of unbranched alkanes of at least 4 members (excludes halogenated alkanes) is 18. The van der Waals surface area contributed by atoms with Crippen molar-refractivity contribution in [2.24, 2.45) is 0 Å². The lowest BCUT2D eigenvalue weighted by molar-refractivity contribution is 0.525. The van der Waals surface area contributed by atoms with Crippen LogP contribution >= 0.6 is 17.0 Å². The van der Waals surface area contributed by atoms with Gasteiger partial charge in [-0.05, 0) is 25.9 Å². The molecule has 0 spiro atoms. The maximum absolute atomic E-state index is 3.64. The minimum atomic E-state index is 0. The van der Waals surface area contributed by atoms with Crippen molar-refractivity contribution in [2.45, 2.75) is 142 Å². The molecular weight excluding hydrogens is 406 g/mol. The van der Waals surface area contributed by atoms with Crippen molar-refractivity contribution in [1.29, 1.82) is 0 Å². The highest BCUT2D eigenvalue weighted by Gasteiger charge is 1.94. The fourth-order valence-electron chi connectivity index (χ4n) is 3.60. The summed E-state index contributed by atoms with van der Waals surface area (Å²) in [4.78, 5) is 0. The minimum Gasteiger partial charge on any atom is -0.317 e. The third kappa shape index (κ3) is 33.7. The van der Waals surface area contributed by atoms with Gasteiger partial charge in [0.15, 0.2) is 0 Å². The van der Waals surface area contributed by atoms with E-state index in [9.17, 15) is 0 Å². The first kappa shape index (κ1) is 32.8. The Morgan fingerprint density at radius 3 is 0.857 bits per heavy atom. The molecule has 28 heavy (non-hydrogen) atoms. The van der Waals surface area contributed by atoms with Crippen molar-refractivity contribution < 1.29 is 0 Å². The van der Waals surface area contributed by atoms with E-state index in [1.807, 2.05) is 0 Å². The number of halogens is 1. The Labute approximate surface area is 190 Å². The first-order valence-corrected chi connectivity index (χ1v) is 12.6. The second kappa shape index (κ2) is 34.7. The van der Waals surface area contributed by atoms with Gasteiger partial charge < -0.3 is 5.32 Å². The molecule has 0 rings (SSSR count). The zero-order chi connectivity index (χ0) is 20.3. The van der Waals surface area contributed by atoms with E-state index in [4.69, 9.17) is 0 Å². The minimum absolute atomic E-state index is 0. The highest BCUT2D eigenvalue weighted by atomic mass is 79.9. The summed E-state index contributed by atoms with van der Waals surface area (Å²) in [5.41, 5.74) is 0. The van der Waals surface area contributed by atoms with Crippen LogP contribution in [0.5, 0.6) is 0 Å². The van der Waals surface area contributed by atoms with E-state index in [1.54, 1.807) is 0 Å². The van der Waals surface area contributed by atoms with Crippen LogP contribution in [0, 0.1) is 0 Å². The van der Waals surface area contributed by atoms with Crippen LogP contribution in [0.2, 0.25) is 0 Å². The van der Waals surface area contributed by atoms with Crippen molar-refractivity contribution in [3.8, 4) is 0 Å². The van der Waals surface area contributed by atoms with Crippen LogP contribution in [0.25, 0.3) is 0 Å². The predicted octanol–water partition coefficient (Wildman–Crippen LogP) is 9.80. The van der Waals surface area contributed by atoms with Crippen LogP contribution in [0.3, 0.4) is 0 Å². The van der Waals surface area contributed by atoms with Crippen LogP contribution in [0.1, 0.15) is 142 Å². The molecule has 1 N–H and O–H groups in total. The summed E-state index contributed by atoms with van der Waals surface area (Å²) < 4.78 is 0. The van der Waals surface area contributed by atoms with E-state index in [0.29, 0.717) is 0 Å². The van der Waals surface area contributed by atoms with E-state index in [0.717, 1.165) is 0 Å². The summed E-state index contributed by atoms with van der Waals surface area (Å²) in [6, 6.07) is 0. The highest BCUT2D eigenvalue weighted by molar-refractivity contribution is 8.93. The largest absolute Gasteiger partial charge is 0.317 e. The molecule has 0 aromatic carbocycles. The summed E-state index contributed by atoms with van der Waals surface area (Å²) in [7, 11) is 0. The predicted molar refractivity (Wildman–Crippen MR) is 138 cm³/mol. The quantitative estimate of drug-likeness (QED) is 0.125. The molecule has 0 aliphatic carbocycles. The second-order valence-corrected chi connectivity index (χ2v) is 8.11. The normalized spacial score (nSPS) is 10.2. The van der Waals surface area contributed by atoms with Crippen LogP contribution in [0.15, 0.2) is 13.2 Å². The van der Waals surface area contributed by atoms with Gasteiger partial charge in [-0.3, -0.25) is 0 Å². The number of nitrogens with one attached hydrogen (secondary N) is 1. The molecule has 0 aromatic heterocycles. The standard InChI is InChI=1S/C24H51N.C2H4.BrH/c1-3-5-7-9-11-13-15-17-19-21-23-25-24-22-20-18-16-14-12-10-8-6-4-2;1-2;/h25H,3-24H2,1-2H3;1-2H2;1H. The molecule has 0 saturated heterocycles. The topological polar surface area (TPSA) is 12.0 Å². The first-order chi connectivity index (χ1) is 13.4. The summed E-state index contributed by atoms with van der Waals surface area (Å²) in [6.07, 6.45) is 28.8. The van der Waals surface area contributed by atoms with Crippen molar-refractivity contribution in [3.05, 3.63) is 13.2 Å². The van der Waals surface area contributed by atoms with E-state index in [2.05, 4.69) is 32.3 Å². The fraction of sp³-hybridized carbons (Fsp3) is 0.923. The van der Waals surface area contributed by atoms with E-state index in [-0.39, 0.29) is 17.0 Å². The van der Waals surface area contributed by atoms with Gasteiger partial charge in [-0.15, -0.1) is 30.1 Å². The van der Waals surface area contributed by atoms with Crippen LogP contribution < -0.4 is 5.32 Å². The van der Waals surface area contributed by atoms with Gasteiger partial charge in [-0.2, -0.15) is 0 Å². The smallest absolute Gasteiger partial charge is 0.00489 e. The van der Waals surface area contributed by atoms with Crippen molar-refractivity contribution in [2.75, 3.05) is 13.1 Å². The lowest BCUT2D eigenvalue weighted by atomic mass is 10.1. The molecule has 0 amide bonds. The van der Waals surface area contributed by atoms with E-state index >= 15 is 0 Å². The SMILES string of the molecule is Br.C=C.CCCCCCCCCCCCNCCCCCCCCCCCC. The fourth-order valence-corrected chi connectivity index (χ4v) is 3.60. The molecule has 0 fully saturated rings. The highest BCUT2D eigenvalue weighted by Crippen LogP contribution is 2.11. The molecule has 0 radical (unpaired) electrons. The Balaban J connectivity index is -0.00000201. The van der Waals surface area contributed by atoms with Gasteiger partial charge in [0, 0.05) is 0 Å². The molecule has 0 aliphatic rings. The Kier molecular flexibility index (Phi) is 40.7. The summed E-state index contributed by atoms with van der Waals surface area (Å²) in [5.74, 6) is 0. The number of hydrogen-bond acceptors (Lipinski definition) is 1. The molecule has 0 atom stereocenters. The molecular formula is C26H56BrN. The van der Waals surface area contributed by atoms with Gasteiger partial charge in [0.05, 0.1) is 0 Å². The van der Waals surface area contributed by atoms with Gasteiger partial charge in [-0.1, -0.05) is 129 Å². The molecule has 172 valence electrons. The third-order valence-corrected chi connectivity index (χ3v) is 5.41. The maximum Gasteiger partial charge on any atom is -0.00489 e. The zero-order valence-corrected chi connectivity index (χ0v) is 21.6. The average Bonchev–Trinajstić information content (AvgIpc) is 2.70. The third-order valence-electron chi connectivity index (χ3n) is 5.41.